The molecule has 6 heteroatoms. The van der Waals surface area contributed by atoms with Crippen LogP contribution in [0.3, 0.4) is 0 Å². The van der Waals surface area contributed by atoms with E-state index in [2.05, 4.69) is 9.97 Å². The first-order valence-corrected chi connectivity index (χ1v) is 9.04. The third-order valence-electron chi connectivity index (χ3n) is 4.18. The van der Waals surface area contributed by atoms with Crippen molar-refractivity contribution in [3.05, 3.63) is 81.4 Å². The molecule has 27 heavy (non-hydrogen) atoms. The lowest BCUT2D eigenvalue weighted by Crippen LogP contribution is -2.36. The maximum atomic E-state index is 12.7. The number of aromatic nitrogens is 2. The second-order valence-corrected chi connectivity index (χ2v) is 6.91. The summed E-state index contributed by atoms with van der Waals surface area (Å²) < 4.78 is 0. The molecule has 3 aromatic rings. The Morgan fingerprint density at radius 2 is 1.89 bits per heavy atom. The fraction of sp³-hybridized carbons (Fsp3) is 0.190. The monoisotopic (exact) mass is 381 g/mol. The van der Waals surface area contributed by atoms with Crippen molar-refractivity contribution < 1.29 is 4.79 Å². The number of rotatable bonds is 5. The van der Waals surface area contributed by atoms with E-state index in [9.17, 15) is 9.59 Å². The predicted molar refractivity (Wildman–Crippen MR) is 109 cm³/mol. The zero-order valence-electron chi connectivity index (χ0n) is 15.1. The summed E-state index contributed by atoms with van der Waals surface area (Å²) in [6.07, 6.45) is 3.26. The number of amides is 1. The van der Waals surface area contributed by atoms with Crippen molar-refractivity contribution in [3.63, 3.8) is 0 Å². The van der Waals surface area contributed by atoms with Gasteiger partial charge in [0.1, 0.15) is 5.82 Å². The van der Waals surface area contributed by atoms with E-state index in [1.807, 2.05) is 32.0 Å². The normalized spacial score (nSPS) is 11.4. The van der Waals surface area contributed by atoms with Gasteiger partial charge in [0.25, 0.3) is 5.56 Å². The maximum absolute atomic E-state index is 12.7. The number of nitrogens with zero attached hydrogens (tertiary/aromatic N) is 2. The van der Waals surface area contributed by atoms with E-state index in [1.165, 1.54) is 6.08 Å². The van der Waals surface area contributed by atoms with E-state index in [0.717, 1.165) is 5.56 Å². The van der Waals surface area contributed by atoms with Crippen LogP contribution in [0.4, 0.5) is 0 Å². The number of hydrogen-bond acceptors (Lipinski definition) is 3. The van der Waals surface area contributed by atoms with Crippen molar-refractivity contribution in [2.24, 2.45) is 0 Å². The molecule has 3 rings (SSSR count). The summed E-state index contributed by atoms with van der Waals surface area (Å²) in [4.78, 5) is 33.8. The molecule has 0 saturated carbocycles. The van der Waals surface area contributed by atoms with Gasteiger partial charge in [0, 0.05) is 17.1 Å². The lowest BCUT2D eigenvalue weighted by atomic mass is 10.2. The summed E-state index contributed by atoms with van der Waals surface area (Å²) >= 11 is 5.88. The fourth-order valence-corrected chi connectivity index (χ4v) is 2.85. The van der Waals surface area contributed by atoms with Crippen molar-refractivity contribution in [1.82, 2.24) is 14.9 Å². The van der Waals surface area contributed by atoms with E-state index >= 15 is 0 Å². The van der Waals surface area contributed by atoms with Gasteiger partial charge in [0.15, 0.2) is 0 Å². The molecule has 5 nitrogen and oxygen atoms in total. The van der Waals surface area contributed by atoms with Crippen LogP contribution in [-0.4, -0.2) is 26.8 Å². The number of fused-ring (bicyclic) bond motifs is 1. The molecule has 0 fully saturated rings. The van der Waals surface area contributed by atoms with E-state index < -0.39 is 0 Å². The lowest BCUT2D eigenvalue weighted by molar-refractivity contribution is -0.128. The molecule has 1 N–H and O–H groups in total. The van der Waals surface area contributed by atoms with Gasteiger partial charge in [-0.25, -0.2) is 4.98 Å². The number of H-pyrrole nitrogens is 1. The highest BCUT2D eigenvalue weighted by Crippen LogP contribution is 2.13. The molecule has 1 aromatic heterocycles. The minimum atomic E-state index is -0.205. The Morgan fingerprint density at radius 1 is 1.19 bits per heavy atom. The molecular weight excluding hydrogens is 362 g/mol. The van der Waals surface area contributed by atoms with Gasteiger partial charge < -0.3 is 9.88 Å². The van der Waals surface area contributed by atoms with Gasteiger partial charge in [-0.3, -0.25) is 9.59 Å². The number of aromatic amines is 1. The predicted octanol–water partition coefficient (Wildman–Crippen LogP) is 4.03. The first-order valence-electron chi connectivity index (χ1n) is 8.66. The number of carbonyl (C=O) groups is 1. The third kappa shape index (κ3) is 4.63. The molecule has 1 amide bonds. The van der Waals surface area contributed by atoms with Crippen LogP contribution in [0.1, 0.15) is 25.2 Å². The van der Waals surface area contributed by atoms with Gasteiger partial charge >= 0.3 is 0 Å². The molecule has 0 atom stereocenters. The zero-order chi connectivity index (χ0) is 19.4. The first-order chi connectivity index (χ1) is 12.9. The molecule has 0 aliphatic rings. The van der Waals surface area contributed by atoms with Crippen LogP contribution in [0.15, 0.2) is 59.4 Å². The lowest BCUT2D eigenvalue weighted by Gasteiger charge is -2.25. The average molecular weight is 382 g/mol. The van der Waals surface area contributed by atoms with Gasteiger partial charge in [-0.2, -0.15) is 0 Å². The van der Waals surface area contributed by atoms with Crippen molar-refractivity contribution in [1.29, 1.82) is 0 Å². The van der Waals surface area contributed by atoms with E-state index in [4.69, 9.17) is 11.6 Å². The zero-order valence-corrected chi connectivity index (χ0v) is 15.9. The van der Waals surface area contributed by atoms with E-state index in [-0.39, 0.29) is 24.1 Å². The van der Waals surface area contributed by atoms with Gasteiger partial charge in [0.2, 0.25) is 5.91 Å². The van der Waals surface area contributed by atoms with Gasteiger partial charge in [-0.05, 0) is 49.8 Å². The molecule has 0 unspecified atom stereocenters. The summed E-state index contributed by atoms with van der Waals surface area (Å²) in [6.45, 7) is 4.07. The molecule has 2 aromatic carbocycles. The fourth-order valence-electron chi connectivity index (χ4n) is 2.72. The molecule has 0 aliphatic heterocycles. The van der Waals surface area contributed by atoms with Crippen LogP contribution in [0.5, 0.6) is 0 Å². The Hall–Kier alpha value is -2.92. The highest BCUT2D eigenvalue weighted by atomic mass is 35.5. The standard InChI is InChI=1S/C21H20ClN3O2/c1-14(2)25(20(26)12-9-15-7-10-16(22)11-8-15)13-19-23-18-6-4-3-5-17(18)21(27)24-19/h3-12,14H,13H2,1-2H3,(H,23,24,27)/b12-9+. The van der Waals surface area contributed by atoms with Crippen LogP contribution in [0.25, 0.3) is 17.0 Å². The number of halogens is 1. The molecule has 0 bridgehead atoms. The van der Waals surface area contributed by atoms with Crippen LogP contribution >= 0.6 is 11.6 Å². The third-order valence-corrected chi connectivity index (χ3v) is 4.43. The van der Waals surface area contributed by atoms with Gasteiger partial charge in [-0.15, -0.1) is 0 Å². The average Bonchev–Trinajstić information content (AvgIpc) is 2.65. The van der Waals surface area contributed by atoms with Crippen molar-refractivity contribution in [3.8, 4) is 0 Å². The van der Waals surface area contributed by atoms with Crippen LogP contribution in [0, 0.1) is 0 Å². The van der Waals surface area contributed by atoms with E-state index in [1.54, 1.807) is 41.3 Å². The number of para-hydroxylation sites is 1. The Morgan fingerprint density at radius 3 is 2.59 bits per heavy atom. The summed E-state index contributed by atoms with van der Waals surface area (Å²) in [5.41, 5.74) is 1.29. The van der Waals surface area contributed by atoms with Gasteiger partial charge in [-0.1, -0.05) is 35.9 Å². The Labute approximate surface area is 162 Å². The molecule has 0 aliphatic carbocycles. The Bertz CT molecular complexity index is 1040. The summed E-state index contributed by atoms with van der Waals surface area (Å²) in [5.74, 6) is 0.302. The van der Waals surface area contributed by atoms with Crippen LogP contribution in [0.2, 0.25) is 5.02 Å². The van der Waals surface area contributed by atoms with Crippen LogP contribution in [-0.2, 0) is 11.3 Å². The SMILES string of the molecule is CC(C)N(Cc1nc2ccccc2c(=O)[nH]1)C(=O)/C=C/c1ccc(Cl)cc1. The highest BCUT2D eigenvalue weighted by Gasteiger charge is 2.17. The smallest absolute Gasteiger partial charge is 0.258 e. The summed E-state index contributed by atoms with van der Waals surface area (Å²) in [7, 11) is 0. The van der Waals surface area contributed by atoms with Crippen molar-refractivity contribution >= 4 is 34.5 Å². The van der Waals surface area contributed by atoms with Gasteiger partial charge in [0.05, 0.1) is 17.4 Å². The molecular formula is C21H20ClN3O2. The summed E-state index contributed by atoms with van der Waals surface area (Å²) in [6, 6.07) is 14.3. The van der Waals surface area contributed by atoms with Crippen LogP contribution < -0.4 is 5.56 Å². The Balaban J connectivity index is 1.82. The Kier molecular flexibility index (Phi) is 5.72. The molecule has 0 spiro atoms. The maximum Gasteiger partial charge on any atom is 0.258 e. The highest BCUT2D eigenvalue weighted by molar-refractivity contribution is 6.30. The quantitative estimate of drug-likeness (QED) is 0.678. The largest absolute Gasteiger partial charge is 0.329 e. The minimum Gasteiger partial charge on any atom is -0.329 e. The number of benzene rings is 2. The second kappa shape index (κ2) is 8.18. The van der Waals surface area contributed by atoms with Crippen molar-refractivity contribution in [2.45, 2.75) is 26.4 Å². The second-order valence-electron chi connectivity index (χ2n) is 6.47. The number of hydrogen-bond donors (Lipinski definition) is 1. The molecule has 138 valence electrons. The van der Waals surface area contributed by atoms with Crippen molar-refractivity contribution in [2.75, 3.05) is 0 Å². The minimum absolute atomic E-state index is 0.0517. The molecule has 0 radical (unpaired) electrons. The number of nitrogens with one attached hydrogen (secondary N) is 1. The first kappa shape index (κ1) is 18.9. The molecule has 1 heterocycles. The molecule has 0 saturated heterocycles. The van der Waals surface area contributed by atoms with E-state index in [0.29, 0.717) is 21.7 Å². The topological polar surface area (TPSA) is 66.1 Å². The summed E-state index contributed by atoms with van der Waals surface area (Å²) in [5, 5.41) is 1.18. The number of carbonyl (C=O) groups excluding carboxylic acids is 1.